The predicted molar refractivity (Wildman–Crippen MR) is 75.7 cm³/mol. The third-order valence-corrected chi connectivity index (χ3v) is 3.54. The molecule has 2 aromatic rings. The Bertz CT molecular complexity index is 459. The lowest BCUT2D eigenvalue weighted by Gasteiger charge is -2.19. The number of hydrogen-bond donors (Lipinski definition) is 0. The Hall–Kier alpha value is -1.16. The number of rotatable bonds is 6. The van der Waals surface area contributed by atoms with Crippen LogP contribution in [0.3, 0.4) is 0 Å². The van der Waals surface area contributed by atoms with Gasteiger partial charge in [-0.3, -0.25) is 0 Å². The van der Waals surface area contributed by atoms with Gasteiger partial charge in [0.2, 0.25) is 0 Å². The summed E-state index contributed by atoms with van der Waals surface area (Å²) in [5.74, 6) is 0. The van der Waals surface area contributed by atoms with E-state index < -0.39 is 0 Å². The van der Waals surface area contributed by atoms with Crippen molar-refractivity contribution in [3.63, 3.8) is 0 Å². The number of thiophene rings is 1. The van der Waals surface area contributed by atoms with Gasteiger partial charge in [-0.1, -0.05) is 30.3 Å². The zero-order valence-electron chi connectivity index (χ0n) is 10.8. The molecule has 0 aliphatic rings. The van der Waals surface area contributed by atoms with Crippen LogP contribution in [0.15, 0.2) is 41.8 Å². The number of hydrogen-bond acceptors (Lipinski definition) is 3. The summed E-state index contributed by atoms with van der Waals surface area (Å²) in [5.41, 5.74) is 2.29. The van der Waals surface area contributed by atoms with Crippen LogP contribution in [0.4, 0.5) is 0 Å². The second-order valence-corrected chi connectivity index (χ2v) is 4.75. The van der Waals surface area contributed by atoms with Crippen molar-refractivity contribution in [2.45, 2.75) is 20.1 Å². The maximum Gasteiger partial charge on any atom is 0.184 e. The first-order valence-electron chi connectivity index (χ1n) is 6.22. The van der Waals surface area contributed by atoms with Gasteiger partial charge >= 0.3 is 0 Å². The average molecular weight is 262 g/mol. The molecule has 1 aromatic carbocycles. The molecule has 3 heteroatoms. The Morgan fingerprint density at radius 2 is 1.72 bits per heavy atom. The molecule has 0 aliphatic carbocycles. The van der Waals surface area contributed by atoms with Crippen molar-refractivity contribution in [3.8, 4) is 10.4 Å². The smallest absolute Gasteiger partial charge is 0.184 e. The number of ether oxygens (including phenoxy) is 2. The molecular weight excluding hydrogens is 244 g/mol. The van der Waals surface area contributed by atoms with Crippen molar-refractivity contribution in [2.24, 2.45) is 0 Å². The maximum absolute atomic E-state index is 5.69. The van der Waals surface area contributed by atoms with E-state index in [9.17, 15) is 0 Å². The molecule has 0 fully saturated rings. The van der Waals surface area contributed by atoms with Gasteiger partial charge < -0.3 is 9.47 Å². The summed E-state index contributed by atoms with van der Waals surface area (Å²) in [5, 5.41) is 2.09. The van der Waals surface area contributed by atoms with E-state index in [1.165, 1.54) is 10.4 Å². The number of benzene rings is 1. The Kier molecular flexibility index (Phi) is 4.93. The van der Waals surface area contributed by atoms with Crippen LogP contribution in [0.1, 0.15) is 25.7 Å². The van der Waals surface area contributed by atoms with Crippen molar-refractivity contribution in [3.05, 3.63) is 47.3 Å². The standard InChI is InChI=1S/C15H18O2S/c1-3-16-15(17-4-2)13-9-6-5-8-12(13)14-10-7-11-18-14/h5-11,15H,3-4H2,1-2H3. The van der Waals surface area contributed by atoms with Gasteiger partial charge in [-0.25, -0.2) is 0 Å². The molecule has 0 amide bonds. The summed E-state index contributed by atoms with van der Waals surface area (Å²) in [6.07, 6.45) is -0.279. The van der Waals surface area contributed by atoms with Crippen molar-refractivity contribution in [1.29, 1.82) is 0 Å². The van der Waals surface area contributed by atoms with Gasteiger partial charge in [0.1, 0.15) is 0 Å². The molecule has 0 aliphatic heterocycles. The molecule has 0 atom stereocenters. The average Bonchev–Trinajstić information content (AvgIpc) is 2.92. The molecular formula is C15H18O2S. The summed E-state index contributed by atoms with van der Waals surface area (Å²) in [4.78, 5) is 1.25. The highest BCUT2D eigenvalue weighted by Gasteiger charge is 2.16. The molecule has 0 saturated carbocycles. The highest BCUT2D eigenvalue weighted by Crippen LogP contribution is 2.33. The topological polar surface area (TPSA) is 18.5 Å². The Morgan fingerprint density at radius 1 is 1.00 bits per heavy atom. The van der Waals surface area contributed by atoms with Crippen molar-refractivity contribution in [1.82, 2.24) is 0 Å². The molecule has 0 N–H and O–H groups in total. The summed E-state index contributed by atoms with van der Waals surface area (Å²) < 4.78 is 11.4. The van der Waals surface area contributed by atoms with E-state index >= 15 is 0 Å². The highest BCUT2D eigenvalue weighted by atomic mass is 32.1. The van der Waals surface area contributed by atoms with Crippen LogP contribution in [0.25, 0.3) is 10.4 Å². The zero-order valence-corrected chi connectivity index (χ0v) is 11.6. The largest absolute Gasteiger partial charge is 0.349 e. The van der Waals surface area contributed by atoms with E-state index in [1.807, 2.05) is 26.0 Å². The van der Waals surface area contributed by atoms with Crippen LogP contribution in [-0.2, 0) is 9.47 Å². The molecule has 0 saturated heterocycles. The van der Waals surface area contributed by atoms with E-state index in [-0.39, 0.29) is 6.29 Å². The molecule has 18 heavy (non-hydrogen) atoms. The van der Waals surface area contributed by atoms with Gasteiger partial charge in [-0.2, -0.15) is 0 Å². The fourth-order valence-corrected chi connectivity index (χ4v) is 2.66. The van der Waals surface area contributed by atoms with Crippen LogP contribution in [0.2, 0.25) is 0 Å². The molecule has 0 radical (unpaired) electrons. The Labute approximate surface area is 112 Å². The van der Waals surface area contributed by atoms with E-state index in [0.29, 0.717) is 13.2 Å². The Morgan fingerprint density at radius 3 is 2.33 bits per heavy atom. The molecule has 2 rings (SSSR count). The predicted octanol–water partition coefficient (Wildman–Crippen LogP) is 4.49. The molecule has 0 bridgehead atoms. The highest BCUT2D eigenvalue weighted by molar-refractivity contribution is 7.13. The van der Waals surface area contributed by atoms with Crippen LogP contribution in [0.5, 0.6) is 0 Å². The fraction of sp³-hybridized carbons (Fsp3) is 0.333. The molecule has 0 spiro atoms. The van der Waals surface area contributed by atoms with Crippen LogP contribution >= 0.6 is 11.3 Å². The van der Waals surface area contributed by atoms with Crippen molar-refractivity contribution >= 4 is 11.3 Å². The second kappa shape index (κ2) is 6.69. The Balaban J connectivity index is 2.36. The van der Waals surface area contributed by atoms with Gasteiger partial charge in [-0.05, 0) is 30.9 Å². The van der Waals surface area contributed by atoms with E-state index in [4.69, 9.17) is 9.47 Å². The quantitative estimate of drug-likeness (QED) is 0.714. The summed E-state index contributed by atoms with van der Waals surface area (Å²) in [7, 11) is 0. The molecule has 2 nitrogen and oxygen atoms in total. The van der Waals surface area contributed by atoms with Gasteiger partial charge in [0, 0.05) is 23.7 Å². The third kappa shape index (κ3) is 2.99. The minimum atomic E-state index is -0.279. The lowest BCUT2D eigenvalue weighted by molar-refractivity contribution is -0.139. The van der Waals surface area contributed by atoms with E-state index in [2.05, 4.69) is 29.6 Å². The first-order chi connectivity index (χ1) is 8.86. The minimum Gasteiger partial charge on any atom is -0.349 e. The SMILES string of the molecule is CCOC(OCC)c1ccccc1-c1cccs1. The third-order valence-electron chi connectivity index (χ3n) is 2.64. The lowest BCUT2D eigenvalue weighted by Crippen LogP contribution is -2.09. The summed E-state index contributed by atoms with van der Waals surface area (Å²) in [6.45, 7) is 5.26. The van der Waals surface area contributed by atoms with E-state index in [1.54, 1.807) is 11.3 Å². The van der Waals surface area contributed by atoms with Crippen LogP contribution in [-0.4, -0.2) is 13.2 Å². The molecule has 0 unspecified atom stereocenters. The molecule has 1 aromatic heterocycles. The van der Waals surface area contributed by atoms with E-state index in [0.717, 1.165) is 5.56 Å². The van der Waals surface area contributed by atoms with Crippen LogP contribution < -0.4 is 0 Å². The normalized spacial score (nSPS) is 11.1. The molecule has 1 heterocycles. The van der Waals surface area contributed by atoms with Crippen molar-refractivity contribution < 1.29 is 9.47 Å². The second-order valence-electron chi connectivity index (χ2n) is 3.81. The first-order valence-corrected chi connectivity index (χ1v) is 7.10. The van der Waals surface area contributed by atoms with Crippen LogP contribution in [0, 0.1) is 0 Å². The van der Waals surface area contributed by atoms with Gasteiger partial charge in [0.25, 0.3) is 0 Å². The first kappa shape index (κ1) is 13.3. The van der Waals surface area contributed by atoms with Gasteiger partial charge in [-0.15, -0.1) is 11.3 Å². The monoisotopic (exact) mass is 262 g/mol. The minimum absolute atomic E-state index is 0.279. The van der Waals surface area contributed by atoms with Gasteiger partial charge in [0.15, 0.2) is 6.29 Å². The zero-order chi connectivity index (χ0) is 12.8. The van der Waals surface area contributed by atoms with Crippen molar-refractivity contribution in [2.75, 3.05) is 13.2 Å². The summed E-state index contributed by atoms with van der Waals surface area (Å²) >= 11 is 1.73. The summed E-state index contributed by atoms with van der Waals surface area (Å²) in [6, 6.07) is 12.5. The fourth-order valence-electron chi connectivity index (χ4n) is 1.89. The lowest BCUT2D eigenvalue weighted by atomic mass is 10.1. The van der Waals surface area contributed by atoms with Gasteiger partial charge in [0.05, 0.1) is 0 Å². The maximum atomic E-state index is 5.69. The molecule has 96 valence electrons.